The van der Waals surface area contributed by atoms with Crippen LogP contribution in [0.4, 0.5) is 0 Å². The molecule has 1 aromatic rings. The van der Waals surface area contributed by atoms with Crippen LogP contribution in [0.1, 0.15) is 6.42 Å². The summed E-state index contributed by atoms with van der Waals surface area (Å²) in [6.45, 7) is 2.89. The zero-order valence-electron chi connectivity index (χ0n) is 10.9. The van der Waals surface area contributed by atoms with E-state index in [2.05, 4.69) is 4.90 Å². The Morgan fingerprint density at radius 3 is 2.89 bits per heavy atom. The van der Waals surface area contributed by atoms with Gasteiger partial charge in [-0.25, -0.2) is 8.42 Å². The molecule has 0 radical (unpaired) electrons. The number of sulfonamides is 1. The molecule has 0 unspecified atom stereocenters. The van der Waals surface area contributed by atoms with Crippen LogP contribution in [0.2, 0.25) is 0 Å². The predicted molar refractivity (Wildman–Crippen MR) is 73.9 cm³/mol. The van der Waals surface area contributed by atoms with Crippen LogP contribution in [0.3, 0.4) is 0 Å². The van der Waals surface area contributed by atoms with Gasteiger partial charge >= 0.3 is 0 Å². The summed E-state index contributed by atoms with van der Waals surface area (Å²) in [7, 11) is -1.57. The number of ether oxygens (including phenoxy) is 1. The molecule has 3 heterocycles. The smallest absolute Gasteiger partial charge is 0.252 e. The van der Waals surface area contributed by atoms with Gasteiger partial charge in [0.15, 0.2) is 0 Å². The lowest BCUT2D eigenvalue weighted by atomic mass is 10.2. The van der Waals surface area contributed by atoms with E-state index in [1.54, 1.807) is 28.9 Å². The Hall–Kier alpha value is -0.470. The molecule has 2 atom stereocenters. The van der Waals surface area contributed by atoms with Crippen molar-refractivity contribution in [2.75, 3.05) is 33.3 Å². The summed E-state index contributed by atoms with van der Waals surface area (Å²) >= 11 is 1.29. The van der Waals surface area contributed by atoms with E-state index in [9.17, 15) is 8.42 Å². The average Bonchev–Trinajstić information content (AvgIpc) is 3.06. The van der Waals surface area contributed by atoms with Gasteiger partial charge in [0.2, 0.25) is 0 Å². The third-order valence-corrected chi connectivity index (χ3v) is 7.20. The molecule has 0 amide bonds. The van der Waals surface area contributed by atoms with E-state index in [-0.39, 0.29) is 6.10 Å². The molecule has 0 saturated carbocycles. The summed E-state index contributed by atoms with van der Waals surface area (Å²) in [6, 6.07) is 3.76. The molecule has 0 spiro atoms. The molecule has 7 heteroatoms. The van der Waals surface area contributed by atoms with Crippen LogP contribution in [-0.4, -0.2) is 63.1 Å². The van der Waals surface area contributed by atoms with Gasteiger partial charge in [0, 0.05) is 39.3 Å². The van der Waals surface area contributed by atoms with Gasteiger partial charge in [0.05, 0.1) is 6.10 Å². The largest absolute Gasteiger partial charge is 0.380 e. The van der Waals surface area contributed by atoms with Gasteiger partial charge in [0.25, 0.3) is 10.0 Å². The van der Waals surface area contributed by atoms with Gasteiger partial charge in [-0.15, -0.1) is 11.3 Å². The van der Waals surface area contributed by atoms with E-state index < -0.39 is 10.0 Å². The average molecular weight is 302 g/mol. The van der Waals surface area contributed by atoms with E-state index in [4.69, 9.17) is 4.74 Å². The minimum absolute atomic E-state index is 0.245. The molecule has 0 bridgehead atoms. The molecule has 0 aliphatic carbocycles. The van der Waals surface area contributed by atoms with Crippen molar-refractivity contribution in [1.82, 2.24) is 9.21 Å². The summed E-state index contributed by atoms with van der Waals surface area (Å²) < 4.78 is 32.4. The van der Waals surface area contributed by atoms with Crippen molar-refractivity contribution in [3.63, 3.8) is 0 Å². The highest BCUT2D eigenvalue weighted by molar-refractivity contribution is 7.91. The summed E-state index contributed by atoms with van der Waals surface area (Å²) in [4.78, 5) is 2.34. The quantitative estimate of drug-likeness (QED) is 0.830. The van der Waals surface area contributed by atoms with E-state index >= 15 is 0 Å². The number of nitrogens with zero attached hydrogens (tertiary/aromatic N) is 2. The van der Waals surface area contributed by atoms with Gasteiger partial charge in [-0.1, -0.05) is 6.07 Å². The molecular formula is C12H18N2O3S2. The van der Waals surface area contributed by atoms with Crippen molar-refractivity contribution in [1.29, 1.82) is 0 Å². The topological polar surface area (TPSA) is 49.9 Å². The Bertz CT molecular complexity index is 529. The lowest BCUT2D eigenvalue weighted by Crippen LogP contribution is -2.51. The van der Waals surface area contributed by atoms with E-state index in [1.165, 1.54) is 11.3 Å². The molecule has 3 rings (SSSR count). The second-order valence-electron chi connectivity index (χ2n) is 5.04. The first-order valence-electron chi connectivity index (χ1n) is 6.42. The van der Waals surface area contributed by atoms with Gasteiger partial charge in [-0.2, -0.15) is 4.31 Å². The third-order valence-electron chi connectivity index (χ3n) is 3.96. The maximum atomic E-state index is 12.5. The normalized spacial score (nSPS) is 29.5. The second kappa shape index (κ2) is 5.14. The minimum Gasteiger partial charge on any atom is -0.380 e. The lowest BCUT2D eigenvalue weighted by Gasteiger charge is -2.36. The fourth-order valence-electron chi connectivity index (χ4n) is 2.89. The van der Waals surface area contributed by atoms with E-state index in [1.807, 2.05) is 0 Å². The zero-order chi connectivity index (χ0) is 13.5. The Balaban J connectivity index is 1.75. The first-order valence-corrected chi connectivity index (χ1v) is 8.73. The summed E-state index contributed by atoms with van der Waals surface area (Å²) in [6.07, 6.45) is 1.17. The number of hydrogen-bond donors (Lipinski definition) is 0. The van der Waals surface area contributed by atoms with Crippen molar-refractivity contribution in [3.05, 3.63) is 17.5 Å². The van der Waals surface area contributed by atoms with E-state index in [0.29, 0.717) is 23.3 Å². The molecule has 0 aromatic carbocycles. The first kappa shape index (κ1) is 13.5. The standard InChI is InChI=1S/C12H18N2O3S2/c1-17-11-7-10-8-14(5-4-13(10)9-11)19(15,16)12-3-2-6-18-12/h2-3,6,10-11H,4-5,7-9H2,1H3/t10-,11+/m0/s1. The van der Waals surface area contributed by atoms with Gasteiger partial charge < -0.3 is 4.74 Å². The Labute approximate surface area is 117 Å². The van der Waals surface area contributed by atoms with Crippen molar-refractivity contribution in [3.8, 4) is 0 Å². The highest BCUT2D eigenvalue weighted by Crippen LogP contribution is 2.28. The number of methoxy groups -OCH3 is 1. The summed E-state index contributed by atoms with van der Waals surface area (Å²) in [5.41, 5.74) is 0. The lowest BCUT2D eigenvalue weighted by molar-refractivity contribution is 0.106. The molecule has 5 nitrogen and oxygen atoms in total. The molecule has 106 valence electrons. The Morgan fingerprint density at radius 2 is 2.21 bits per heavy atom. The number of thiophene rings is 1. The zero-order valence-corrected chi connectivity index (χ0v) is 12.5. The van der Waals surface area contributed by atoms with Crippen LogP contribution in [0.15, 0.2) is 21.7 Å². The van der Waals surface area contributed by atoms with Gasteiger partial charge in [0.1, 0.15) is 4.21 Å². The SMILES string of the molecule is CO[C@@H]1C[C@H]2CN(S(=O)(=O)c3cccs3)CCN2C1. The van der Waals surface area contributed by atoms with Crippen molar-refractivity contribution in [2.45, 2.75) is 22.8 Å². The van der Waals surface area contributed by atoms with Gasteiger partial charge in [-0.05, 0) is 17.9 Å². The van der Waals surface area contributed by atoms with Crippen molar-refractivity contribution in [2.24, 2.45) is 0 Å². The summed E-state index contributed by atoms with van der Waals surface area (Å²) in [5, 5.41) is 1.81. The van der Waals surface area contributed by atoms with E-state index in [0.717, 1.165) is 19.5 Å². The fraction of sp³-hybridized carbons (Fsp3) is 0.667. The minimum atomic E-state index is -3.30. The Kier molecular flexibility index (Phi) is 3.65. The number of piperazine rings is 1. The maximum Gasteiger partial charge on any atom is 0.252 e. The molecule has 2 aliphatic rings. The van der Waals surface area contributed by atoms with Crippen LogP contribution in [0.25, 0.3) is 0 Å². The van der Waals surface area contributed by atoms with Crippen LogP contribution in [0.5, 0.6) is 0 Å². The van der Waals surface area contributed by atoms with Crippen LogP contribution in [-0.2, 0) is 14.8 Å². The predicted octanol–water partition coefficient (Wildman–Crippen LogP) is 0.842. The third kappa shape index (κ3) is 2.45. The Morgan fingerprint density at radius 1 is 1.37 bits per heavy atom. The van der Waals surface area contributed by atoms with Crippen LogP contribution < -0.4 is 0 Å². The van der Waals surface area contributed by atoms with Crippen molar-refractivity contribution < 1.29 is 13.2 Å². The monoisotopic (exact) mass is 302 g/mol. The molecular weight excluding hydrogens is 284 g/mol. The summed E-state index contributed by atoms with van der Waals surface area (Å²) in [5.74, 6) is 0. The highest BCUT2D eigenvalue weighted by atomic mass is 32.2. The van der Waals surface area contributed by atoms with Crippen LogP contribution >= 0.6 is 11.3 Å². The molecule has 0 N–H and O–H groups in total. The maximum absolute atomic E-state index is 12.5. The first-order chi connectivity index (χ1) is 9.11. The number of rotatable bonds is 3. The second-order valence-corrected chi connectivity index (χ2v) is 8.15. The molecule has 2 fully saturated rings. The molecule has 2 saturated heterocycles. The highest BCUT2D eigenvalue weighted by Gasteiger charge is 2.40. The number of hydrogen-bond acceptors (Lipinski definition) is 5. The fourth-order valence-corrected chi connectivity index (χ4v) is 5.51. The molecule has 1 aromatic heterocycles. The van der Waals surface area contributed by atoms with Crippen LogP contribution in [0, 0.1) is 0 Å². The molecule has 2 aliphatic heterocycles. The molecule has 19 heavy (non-hydrogen) atoms. The van der Waals surface area contributed by atoms with Gasteiger partial charge in [-0.3, -0.25) is 4.90 Å². The number of fused-ring (bicyclic) bond motifs is 1. The van der Waals surface area contributed by atoms with Crippen molar-refractivity contribution >= 4 is 21.4 Å².